The van der Waals surface area contributed by atoms with Crippen LogP contribution in [0.1, 0.15) is 13.3 Å². The molecule has 2 N–H and O–H groups in total. The first-order chi connectivity index (χ1) is 3.48. The molecule has 1 atom stereocenters. The van der Waals surface area contributed by atoms with Crippen molar-refractivity contribution in [2.75, 3.05) is 0 Å². The first-order valence-corrected chi connectivity index (χ1v) is 3.07. The van der Waals surface area contributed by atoms with Gasteiger partial charge in [-0.1, -0.05) is 18.5 Å². The van der Waals surface area contributed by atoms with Crippen molar-refractivity contribution >= 4 is 23.2 Å². The average molecular weight is 159 g/mol. The van der Waals surface area contributed by atoms with Crippen LogP contribution in [0.15, 0.2) is 0 Å². The summed E-state index contributed by atoms with van der Waals surface area (Å²) in [6.07, 6.45) is 0.429. The maximum Gasteiger partial charge on any atom is 0.260 e. The monoisotopic (exact) mass is 158 g/mol. The molecular formula is C4H8Cl2O2. The van der Waals surface area contributed by atoms with E-state index in [1.54, 1.807) is 6.92 Å². The molecule has 0 aliphatic carbocycles. The van der Waals surface area contributed by atoms with Gasteiger partial charge in [-0.3, -0.25) is 0 Å². The molecule has 0 fully saturated rings. The first kappa shape index (κ1) is 8.50. The molecular weight excluding hydrogens is 151 g/mol. The Hall–Kier alpha value is 0.500. The molecule has 0 bridgehead atoms. The number of alkyl halides is 2. The summed E-state index contributed by atoms with van der Waals surface area (Å²) >= 11 is 10.3. The molecule has 8 heavy (non-hydrogen) atoms. The SMILES string of the molecule is CCC(Cl)C(O)(O)Cl. The minimum absolute atomic E-state index is 0.429. The highest BCUT2D eigenvalue weighted by molar-refractivity contribution is 6.30. The standard InChI is InChI=1S/C4H8Cl2O2/c1-2-3(5)4(6,7)8/h3,7-8H,2H2,1H3. The second kappa shape index (κ2) is 2.87. The molecule has 0 aromatic heterocycles. The van der Waals surface area contributed by atoms with Gasteiger partial charge in [-0.2, -0.15) is 0 Å². The van der Waals surface area contributed by atoms with Crippen LogP contribution in [-0.4, -0.2) is 20.8 Å². The topological polar surface area (TPSA) is 40.5 Å². The highest BCUT2D eigenvalue weighted by Gasteiger charge is 2.28. The summed E-state index contributed by atoms with van der Waals surface area (Å²) in [7, 11) is 0. The van der Waals surface area contributed by atoms with Gasteiger partial charge in [0, 0.05) is 0 Å². The molecule has 4 heteroatoms. The molecule has 0 heterocycles. The fraction of sp³-hybridized carbons (Fsp3) is 1.00. The summed E-state index contributed by atoms with van der Waals surface area (Å²) in [6, 6.07) is 0. The van der Waals surface area contributed by atoms with Gasteiger partial charge in [0.25, 0.3) is 5.25 Å². The van der Waals surface area contributed by atoms with Crippen molar-refractivity contribution < 1.29 is 10.2 Å². The quantitative estimate of drug-likeness (QED) is 0.463. The van der Waals surface area contributed by atoms with Gasteiger partial charge in [0.1, 0.15) is 5.38 Å². The minimum atomic E-state index is -2.25. The normalized spacial score (nSPS) is 16.1. The highest BCUT2D eigenvalue weighted by atomic mass is 35.5. The van der Waals surface area contributed by atoms with E-state index in [4.69, 9.17) is 33.4 Å². The molecule has 0 amide bonds. The molecule has 0 saturated heterocycles. The third-order valence-electron chi connectivity index (χ3n) is 0.757. The van der Waals surface area contributed by atoms with E-state index in [1.165, 1.54) is 0 Å². The van der Waals surface area contributed by atoms with Gasteiger partial charge < -0.3 is 10.2 Å². The van der Waals surface area contributed by atoms with Crippen LogP contribution in [-0.2, 0) is 0 Å². The van der Waals surface area contributed by atoms with E-state index in [-0.39, 0.29) is 0 Å². The second-order valence-electron chi connectivity index (χ2n) is 1.51. The summed E-state index contributed by atoms with van der Waals surface area (Å²) in [5, 5.41) is 13.9. The lowest BCUT2D eigenvalue weighted by atomic mass is 10.3. The number of rotatable bonds is 2. The van der Waals surface area contributed by atoms with Crippen molar-refractivity contribution in [2.24, 2.45) is 0 Å². The third kappa shape index (κ3) is 2.72. The minimum Gasteiger partial charge on any atom is -0.352 e. The molecule has 0 saturated carbocycles. The van der Waals surface area contributed by atoms with Crippen LogP contribution < -0.4 is 0 Å². The predicted molar refractivity (Wildman–Crippen MR) is 33.0 cm³/mol. The van der Waals surface area contributed by atoms with Crippen LogP contribution in [0.3, 0.4) is 0 Å². The highest BCUT2D eigenvalue weighted by Crippen LogP contribution is 2.19. The Kier molecular flexibility index (Phi) is 3.05. The van der Waals surface area contributed by atoms with Crippen molar-refractivity contribution in [1.29, 1.82) is 0 Å². The van der Waals surface area contributed by atoms with E-state index in [1.807, 2.05) is 0 Å². The van der Waals surface area contributed by atoms with E-state index >= 15 is 0 Å². The molecule has 0 rings (SSSR count). The predicted octanol–water partition coefficient (Wildman–Crippen LogP) is 0.881. The van der Waals surface area contributed by atoms with Gasteiger partial charge in [0.05, 0.1) is 0 Å². The van der Waals surface area contributed by atoms with Crippen molar-refractivity contribution in [3.63, 3.8) is 0 Å². The van der Waals surface area contributed by atoms with Gasteiger partial charge in [-0.25, -0.2) is 0 Å². The average Bonchev–Trinajstić information content (AvgIpc) is 1.62. The zero-order chi connectivity index (χ0) is 6.78. The van der Waals surface area contributed by atoms with Gasteiger partial charge in [-0.05, 0) is 6.42 Å². The Labute approximate surface area is 58.0 Å². The van der Waals surface area contributed by atoms with E-state index in [0.29, 0.717) is 6.42 Å². The summed E-state index contributed by atoms with van der Waals surface area (Å²) < 4.78 is 0. The van der Waals surface area contributed by atoms with Gasteiger partial charge in [0.2, 0.25) is 0 Å². The van der Waals surface area contributed by atoms with E-state index in [2.05, 4.69) is 0 Å². The van der Waals surface area contributed by atoms with Gasteiger partial charge in [0.15, 0.2) is 0 Å². The molecule has 50 valence electrons. The molecule has 1 unspecified atom stereocenters. The van der Waals surface area contributed by atoms with E-state index in [0.717, 1.165) is 0 Å². The molecule has 0 aromatic rings. The van der Waals surface area contributed by atoms with Crippen LogP contribution >= 0.6 is 23.2 Å². The van der Waals surface area contributed by atoms with Crippen molar-refractivity contribution in [2.45, 2.75) is 24.0 Å². The zero-order valence-corrected chi connectivity index (χ0v) is 5.95. The Morgan fingerprint density at radius 3 is 2.00 bits per heavy atom. The van der Waals surface area contributed by atoms with Gasteiger partial charge in [-0.15, -0.1) is 11.6 Å². The summed E-state index contributed by atoms with van der Waals surface area (Å²) in [5.74, 6) is 0. The lowest BCUT2D eigenvalue weighted by molar-refractivity contribution is -0.0861. The second-order valence-corrected chi connectivity index (χ2v) is 2.60. The van der Waals surface area contributed by atoms with Crippen LogP contribution in [0.25, 0.3) is 0 Å². The van der Waals surface area contributed by atoms with Crippen molar-refractivity contribution in [3.05, 3.63) is 0 Å². The fourth-order valence-corrected chi connectivity index (χ4v) is 0.414. The lowest BCUT2D eigenvalue weighted by Crippen LogP contribution is -2.31. The van der Waals surface area contributed by atoms with Gasteiger partial charge >= 0.3 is 0 Å². The number of aliphatic hydroxyl groups is 2. The Morgan fingerprint density at radius 2 is 2.00 bits per heavy atom. The molecule has 0 aliphatic rings. The summed E-state index contributed by atoms with van der Waals surface area (Å²) in [5.41, 5.74) is 0. The smallest absolute Gasteiger partial charge is 0.260 e. The third-order valence-corrected chi connectivity index (χ3v) is 1.74. The van der Waals surface area contributed by atoms with Crippen LogP contribution in [0.2, 0.25) is 0 Å². The number of hydrogen-bond acceptors (Lipinski definition) is 2. The van der Waals surface area contributed by atoms with E-state index < -0.39 is 10.6 Å². The van der Waals surface area contributed by atoms with Crippen LogP contribution in [0.5, 0.6) is 0 Å². The summed E-state index contributed by atoms with van der Waals surface area (Å²) in [6.45, 7) is 1.71. The van der Waals surface area contributed by atoms with E-state index in [9.17, 15) is 0 Å². The first-order valence-electron chi connectivity index (χ1n) is 2.26. The Bertz CT molecular complexity index is 68.9. The molecule has 0 aliphatic heterocycles. The van der Waals surface area contributed by atoms with Crippen LogP contribution in [0.4, 0.5) is 0 Å². The molecule has 0 radical (unpaired) electrons. The zero-order valence-electron chi connectivity index (χ0n) is 4.43. The van der Waals surface area contributed by atoms with Crippen molar-refractivity contribution in [3.8, 4) is 0 Å². The number of hydrogen-bond donors (Lipinski definition) is 2. The molecule has 0 aromatic carbocycles. The number of halogens is 2. The van der Waals surface area contributed by atoms with Crippen LogP contribution in [0, 0.1) is 0 Å². The molecule has 2 nitrogen and oxygen atoms in total. The largest absolute Gasteiger partial charge is 0.352 e. The maximum atomic E-state index is 8.48. The maximum absolute atomic E-state index is 8.48. The Morgan fingerprint density at radius 1 is 1.62 bits per heavy atom. The Balaban J connectivity index is 3.62. The fourth-order valence-electron chi connectivity index (χ4n) is 0.260. The molecule has 0 spiro atoms. The van der Waals surface area contributed by atoms with Crippen molar-refractivity contribution in [1.82, 2.24) is 0 Å². The lowest BCUT2D eigenvalue weighted by Gasteiger charge is -2.16. The summed E-state index contributed by atoms with van der Waals surface area (Å²) in [4.78, 5) is 0.